The highest BCUT2D eigenvalue weighted by Crippen LogP contribution is 2.40. The van der Waals surface area contributed by atoms with Crippen LogP contribution in [0.15, 0.2) is 41.4 Å². The van der Waals surface area contributed by atoms with Crippen LogP contribution in [0.5, 0.6) is 0 Å². The van der Waals surface area contributed by atoms with Crippen molar-refractivity contribution in [1.82, 2.24) is 0 Å². The molecule has 0 unspecified atom stereocenters. The summed E-state index contributed by atoms with van der Waals surface area (Å²) >= 11 is 0. The average Bonchev–Trinajstić information content (AvgIpc) is 2.32. The van der Waals surface area contributed by atoms with E-state index in [4.69, 9.17) is 4.99 Å². The van der Waals surface area contributed by atoms with Crippen LogP contribution in [0.1, 0.15) is 20.8 Å². The van der Waals surface area contributed by atoms with E-state index >= 15 is 0 Å². The predicted molar refractivity (Wildman–Crippen MR) is 78.9 cm³/mol. The molecule has 2 aromatic rings. The van der Waals surface area contributed by atoms with Gasteiger partial charge in [-0.15, -0.1) is 0 Å². The number of hydrogen-bond donors (Lipinski definition) is 0. The van der Waals surface area contributed by atoms with E-state index in [-0.39, 0.29) is 5.41 Å². The number of hydrogen-bond acceptors (Lipinski definition) is 2. The topological polar surface area (TPSA) is 15.6 Å². The van der Waals surface area contributed by atoms with Gasteiger partial charge < -0.3 is 4.90 Å². The molecule has 18 heavy (non-hydrogen) atoms. The third-order valence-electron chi connectivity index (χ3n) is 3.44. The van der Waals surface area contributed by atoms with Gasteiger partial charge in [0.15, 0.2) is 0 Å². The van der Waals surface area contributed by atoms with E-state index in [9.17, 15) is 0 Å². The second kappa shape index (κ2) is 3.58. The Bertz CT molecular complexity index is 642. The monoisotopic (exact) mass is 238 g/mol. The highest BCUT2D eigenvalue weighted by molar-refractivity contribution is 6.15. The third-order valence-corrected chi connectivity index (χ3v) is 3.44. The van der Waals surface area contributed by atoms with Gasteiger partial charge in [-0.05, 0) is 17.5 Å². The Morgan fingerprint density at radius 1 is 1.00 bits per heavy atom. The van der Waals surface area contributed by atoms with Crippen LogP contribution in [0.4, 0.5) is 11.4 Å². The standard InChI is InChI=1S/C16H18N2/c1-16(2,3)15-17-12-9-5-7-11-8-6-10-13(14(11)12)18(15)4/h5-10H,1-4H3. The molecule has 0 fully saturated rings. The van der Waals surface area contributed by atoms with Crippen molar-refractivity contribution in [3.05, 3.63) is 36.4 Å². The second-order valence-corrected chi connectivity index (χ2v) is 5.90. The molecule has 0 radical (unpaired) electrons. The van der Waals surface area contributed by atoms with Crippen molar-refractivity contribution in [1.29, 1.82) is 0 Å². The van der Waals surface area contributed by atoms with Crippen molar-refractivity contribution in [2.24, 2.45) is 10.4 Å². The van der Waals surface area contributed by atoms with Crippen molar-refractivity contribution >= 4 is 28.0 Å². The van der Waals surface area contributed by atoms with Crippen LogP contribution < -0.4 is 4.90 Å². The molecule has 0 aromatic heterocycles. The van der Waals surface area contributed by atoms with Crippen molar-refractivity contribution in [3.8, 4) is 0 Å². The largest absolute Gasteiger partial charge is 0.332 e. The molecule has 0 N–H and O–H groups in total. The number of rotatable bonds is 0. The van der Waals surface area contributed by atoms with E-state index in [2.05, 4.69) is 69.1 Å². The van der Waals surface area contributed by atoms with Crippen LogP contribution in [-0.4, -0.2) is 12.9 Å². The minimum Gasteiger partial charge on any atom is -0.332 e. The lowest BCUT2D eigenvalue weighted by atomic mass is 9.92. The van der Waals surface area contributed by atoms with Gasteiger partial charge in [0.25, 0.3) is 0 Å². The summed E-state index contributed by atoms with van der Waals surface area (Å²) in [5.74, 6) is 1.12. The number of nitrogens with zero attached hydrogens (tertiary/aromatic N) is 2. The summed E-state index contributed by atoms with van der Waals surface area (Å²) in [6, 6.07) is 12.8. The lowest BCUT2D eigenvalue weighted by Gasteiger charge is -2.34. The Balaban J connectivity index is 2.36. The highest BCUT2D eigenvalue weighted by atomic mass is 15.2. The highest BCUT2D eigenvalue weighted by Gasteiger charge is 2.28. The van der Waals surface area contributed by atoms with Gasteiger partial charge in [0.2, 0.25) is 0 Å². The Morgan fingerprint density at radius 3 is 2.33 bits per heavy atom. The van der Waals surface area contributed by atoms with Crippen LogP contribution in [0.2, 0.25) is 0 Å². The predicted octanol–water partition coefficient (Wildman–Crippen LogP) is 4.37. The van der Waals surface area contributed by atoms with E-state index in [0.717, 1.165) is 11.5 Å². The molecule has 0 bridgehead atoms. The van der Waals surface area contributed by atoms with Crippen LogP contribution in [-0.2, 0) is 0 Å². The molecule has 0 spiro atoms. The summed E-state index contributed by atoms with van der Waals surface area (Å²) in [6.45, 7) is 6.61. The summed E-state index contributed by atoms with van der Waals surface area (Å²) in [5, 5.41) is 2.52. The van der Waals surface area contributed by atoms with Gasteiger partial charge in [-0.25, -0.2) is 4.99 Å². The second-order valence-electron chi connectivity index (χ2n) is 5.90. The fraction of sp³-hybridized carbons (Fsp3) is 0.312. The zero-order valence-corrected chi connectivity index (χ0v) is 11.4. The molecule has 0 aliphatic carbocycles. The third kappa shape index (κ3) is 1.52. The molecule has 0 amide bonds. The minimum absolute atomic E-state index is 0.0461. The summed E-state index contributed by atoms with van der Waals surface area (Å²) in [7, 11) is 2.11. The van der Waals surface area contributed by atoms with Gasteiger partial charge in [0, 0.05) is 17.8 Å². The zero-order valence-electron chi connectivity index (χ0n) is 11.4. The Labute approximate surface area is 108 Å². The molecule has 1 aliphatic heterocycles. The Kier molecular flexibility index (Phi) is 2.24. The van der Waals surface area contributed by atoms with Crippen LogP contribution in [0, 0.1) is 5.41 Å². The molecule has 92 valence electrons. The van der Waals surface area contributed by atoms with E-state index in [0.29, 0.717) is 0 Å². The van der Waals surface area contributed by atoms with E-state index in [1.54, 1.807) is 0 Å². The van der Waals surface area contributed by atoms with Crippen molar-refractivity contribution in [3.63, 3.8) is 0 Å². The van der Waals surface area contributed by atoms with Gasteiger partial charge in [-0.2, -0.15) is 0 Å². The number of amidine groups is 1. The van der Waals surface area contributed by atoms with Gasteiger partial charge in [-0.1, -0.05) is 45.0 Å². The molecule has 2 nitrogen and oxygen atoms in total. The van der Waals surface area contributed by atoms with E-state index < -0.39 is 0 Å². The molecule has 2 heteroatoms. The average molecular weight is 238 g/mol. The summed E-state index contributed by atoms with van der Waals surface area (Å²) in [6.07, 6.45) is 0. The van der Waals surface area contributed by atoms with Gasteiger partial charge in [-0.3, -0.25) is 0 Å². The first-order chi connectivity index (χ1) is 8.48. The maximum absolute atomic E-state index is 4.86. The maximum Gasteiger partial charge on any atom is 0.114 e. The first-order valence-electron chi connectivity index (χ1n) is 6.33. The fourth-order valence-electron chi connectivity index (χ4n) is 2.65. The van der Waals surface area contributed by atoms with Crippen LogP contribution in [0.25, 0.3) is 10.8 Å². The molecular weight excluding hydrogens is 220 g/mol. The number of anilines is 1. The molecule has 0 atom stereocenters. The molecule has 1 aliphatic rings. The van der Waals surface area contributed by atoms with E-state index in [1.807, 2.05) is 0 Å². The molecule has 0 saturated carbocycles. The first-order valence-corrected chi connectivity index (χ1v) is 6.33. The first kappa shape index (κ1) is 11.3. The Morgan fingerprint density at radius 2 is 1.67 bits per heavy atom. The van der Waals surface area contributed by atoms with Crippen LogP contribution in [0.3, 0.4) is 0 Å². The SMILES string of the molecule is CN1C(C(C)(C)C)=Nc2cccc3cccc1c23. The van der Waals surface area contributed by atoms with Crippen LogP contribution >= 0.6 is 0 Å². The van der Waals surface area contributed by atoms with Crippen molar-refractivity contribution in [2.75, 3.05) is 11.9 Å². The lowest BCUT2D eigenvalue weighted by molar-refractivity contribution is 0.580. The minimum atomic E-state index is 0.0461. The maximum atomic E-state index is 4.86. The van der Waals surface area contributed by atoms with Gasteiger partial charge in [0.1, 0.15) is 5.84 Å². The zero-order chi connectivity index (χ0) is 12.9. The summed E-state index contributed by atoms with van der Waals surface area (Å²) < 4.78 is 0. The van der Waals surface area contributed by atoms with E-state index in [1.165, 1.54) is 16.5 Å². The van der Waals surface area contributed by atoms with Crippen molar-refractivity contribution < 1.29 is 0 Å². The molecule has 1 heterocycles. The van der Waals surface area contributed by atoms with Gasteiger partial charge in [0.05, 0.1) is 11.4 Å². The molecular formula is C16H18N2. The number of benzene rings is 2. The Hall–Kier alpha value is -1.83. The number of aliphatic imine (C=N–C) groups is 1. The molecule has 2 aromatic carbocycles. The van der Waals surface area contributed by atoms with Gasteiger partial charge >= 0.3 is 0 Å². The summed E-state index contributed by atoms with van der Waals surface area (Å²) in [5.41, 5.74) is 2.39. The lowest BCUT2D eigenvalue weighted by Crippen LogP contribution is -2.38. The smallest absolute Gasteiger partial charge is 0.114 e. The quantitative estimate of drug-likeness (QED) is 0.665. The van der Waals surface area contributed by atoms with Crippen molar-refractivity contribution in [2.45, 2.75) is 20.8 Å². The fourth-order valence-corrected chi connectivity index (χ4v) is 2.65. The molecule has 0 saturated heterocycles. The molecule has 3 rings (SSSR count). The summed E-state index contributed by atoms with van der Waals surface area (Å²) in [4.78, 5) is 7.08. The normalized spacial score (nSPS) is 14.9.